The molecule has 1 aromatic heterocycles. The quantitative estimate of drug-likeness (QED) is 0.724. The van der Waals surface area contributed by atoms with Gasteiger partial charge in [0.05, 0.1) is 13.0 Å². The number of aryl methyl sites for hydroxylation is 1. The summed E-state index contributed by atoms with van der Waals surface area (Å²) in [5, 5.41) is 6.58. The lowest BCUT2D eigenvalue weighted by atomic mass is 9.88. The van der Waals surface area contributed by atoms with Crippen LogP contribution in [-0.2, 0) is 16.1 Å². The standard InChI is InChI=1S/C21H22BrN3O5/c1-14-2-7-17(28-14)13-23-20(27)29-18-12-21(30-24-18)8-10-25(11-9-21)19(26)15-3-5-16(22)6-4-15/h2-7H,8-13H2,1H3,(H,23,27). The fraction of sp³-hybridized carbons (Fsp3) is 0.381. The molecule has 2 aromatic rings. The third kappa shape index (κ3) is 4.67. The molecule has 158 valence electrons. The van der Waals surface area contributed by atoms with Crippen LogP contribution in [0.3, 0.4) is 0 Å². The van der Waals surface area contributed by atoms with E-state index in [1.54, 1.807) is 18.2 Å². The molecule has 1 saturated heterocycles. The highest BCUT2D eigenvalue weighted by molar-refractivity contribution is 9.10. The first-order valence-corrected chi connectivity index (χ1v) is 10.5. The molecule has 2 amide bonds. The summed E-state index contributed by atoms with van der Waals surface area (Å²) < 4.78 is 11.6. The minimum Gasteiger partial charge on any atom is -0.465 e. The molecule has 9 heteroatoms. The van der Waals surface area contributed by atoms with Crippen molar-refractivity contribution in [2.45, 2.75) is 38.3 Å². The summed E-state index contributed by atoms with van der Waals surface area (Å²) >= 11 is 3.38. The van der Waals surface area contributed by atoms with E-state index in [1.165, 1.54) is 0 Å². The maximum absolute atomic E-state index is 12.7. The van der Waals surface area contributed by atoms with Crippen molar-refractivity contribution in [2.75, 3.05) is 13.1 Å². The van der Waals surface area contributed by atoms with E-state index in [2.05, 4.69) is 26.4 Å². The van der Waals surface area contributed by atoms with Crippen LogP contribution in [0.4, 0.5) is 4.79 Å². The molecule has 4 rings (SSSR count). The lowest BCUT2D eigenvalue weighted by Gasteiger charge is -2.37. The number of benzene rings is 1. The number of furan rings is 1. The summed E-state index contributed by atoms with van der Waals surface area (Å²) in [6, 6.07) is 10.9. The van der Waals surface area contributed by atoms with E-state index in [0.29, 0.717) is 43.7 Å². The Morgan fingerprint density at radius 1 is 1.20 bits per heavy atom. The number of rotatable bonds is 3. The maximum Gasteiger partial charge on any atom is 0.414 e. The molecule has 1 N–H and O–H groups in total. The van der Waals surface area contributed by atoms with Gasteiger partial charge in [0.15, 0.2) is 0 Å². The first-order valence-electron chi connectivity index (χ1n) is 9.73. The van der Waals surface area contributed by atoms with Crippen molar-refractivity contribution in [3.63, 3.8) is 0 Å². The Kier molecular flexibility index (Phi) is 5.80. The van der Waals surface area contributed by atoms with Gasteiger partial charge in [0.1, 0.15) is 17.1 Å². The van der Waals surface area contributed by atoms with E-state index in [1.807, 2.05) is 30.0 Å². The van der Waals surface area contributed by atoms with Crippen molar-refractivity contribution in [1.29, 1.82) is 0 Å². The molecular weight excluding hydrogens is 454 g/mol. The lowest BCUT2D eigenvalue weighted by Crippen LogP contribution is -2.47. The molecule has 8 nitrogen and oxygen atoms in total. The zero-order chi connectivity index (χ0) is 21.1. The van der Waals surface area contributed by atoms with Crippen LogP contribution in [-0.4, -0.2) is 41.5 Å². The van der Waals surface area contributed by atoms with Crippen LogP contribution in [0.1, 0.15) is 41.1 Å². The van der Waals surface area contributed by atoms with Gasteiger partial charge in [-0.1, -0.05) is 21.1 Å². The number of halogens is 1. The molecule has 0 bridgehead atoms. The van der Waals surface area contributed by atoms with Crippen LogP contribution in [0.5, 0.6) is 0 Å². The Balaban J connectivity index is 1.24. The second kappa shape index (κ2) is 8.51. The number of hydrogen-bond acceptors (Lipinski definition) is 6. The van der Waals surface area contributed by atoms with Crippen LogP contribution < -0.4 is 5.32 Å². The van der Waals surface area contributed by atoms with Crippen LogP contribution >= 0.6 is 15.9 Å². The fourth-order valence-corrected chi connectivity index (χ4v) is 3.85. The van der Waals surface area contributed by atoms with Crippen LogP contribution in [0.15, 0.2) is 50.4 Å². The van der Waals surface area contributed by atoms with Gasteiger partial charge in [-0.2, -0.15) is 0 Å². The predicted molar refractivity (Wildman–Crippen MR) is 112 cm³/mol. The van der Waals surface area contributed by atoms with E-state index in [4.69, 9.17) is 14.0 Å². The average molecular weight is 476 g/mol. The molecular formula is C21H22BrN3O5. The van der Waals surface area contributed by atoms with Gasteiger partial charge in [-0.15, -0.1) is 0 Å². The molecule has 0 unspecified atom stereocenters. The summed E-state index contributed by atoms with van der Waals surface area (Å²) in [7, 11) is 0. The summed E-state index contributed by atoms with van der Waals surface area (Å²) in [5.74, 6) is 1.67. The summed E-state index contributed by atoms with van der Waals surface area (Å²) in [5.41, 5.74) is 0.134. The molecule has 0 aliphatic carbocycles. The fourth-order valence-electron chi connectivity index (χ4n) is 3.59. The minimum absolute atomic E-state index is 0.000259. The Labute approximate surface area is 182 Å². The van der Waals surface area contributed by atoms with Crippen molar-refractivity contribution in [3.8, 4) is 0 Å². The molecule has 3 heterocycles. The summed E-state index contributed by atoms with van der Waals surface area (Å²) in [6.45, 7) is 3.19. The Morgan fingerprint density at radius 2 is 1.93 bits per heavy atom. The molecule has 30 heavy (non-hydrogen) atoms. The van der Waals surface area contributed by atoms with Gasteiger partial charge in [-0.25, -0.2) is 4.79 Å². The molecule has 0 radical (unpaired) electrons. The normalized spacial score (nSPS) is 17.4. The third-order valence-electron chi connectivity index (χ3n) is 5.28. The van der Waals surface area contributed by atoms with Gasteiger partial charge in [0.25, 0.3) is 5.91 Å². The summed E-state index contributed by atoms with van der Waals surface area (Å²) in [6.07, 6.45) is 1.05. The van der Waals surface area contributed by atoms with Gasteiger partial charge in [0.2, 0.25) is 5.90 Å². The monoisotopic (exact) mass is 475 g/mol. The largest absolute Gasteiger partial charge is 0.465 e. The molecule has 2 aliphatic heterocycles. The van der Waals surface area contributed by atoms with Crippen molar-refractivity contribution >= 4 is 33.8 Å². The number of carbonyl (C=O) groups excluding carboxylic acids is 2. The number of nitrogens with zero attached hydrogens (tertiary/aromatic N) is 2. The lowest BCUT2D eigenvalue weighted by molar-refractivity contribution is -0.0568. The van der Waals surface area contributed by atoms with E-state index < -0.39 is 11.7 Å². The summed E-state index contributed by atoms with van der Waals surface area (Å²) in [4.78, 5) is 32.1. The minimum atomic E-state index is -0.605. The number of carbonyl (C=O) groups is 2. The number of alkyl carbamates (subject to hydrolysis) is 1. The Morgan fingerprint density at radius 3 is 2.60 bits per heavy atom. The molecule has 2 aliphatic rings. The van der Waals surface area contributed by atoms with Gasteiger partial charge in [-0.3, -0.25) is 4.79 Å². The van der Waals surface area contributed by atoms with Crippen LogP contribution in [0.2, 0.25) is 0 Å². The smallest absolute Gasteiger partial charge is 0.414 e. The topological polar surface area (TPSA) is 93.4 Å². The molecule has 1 spiro atoms. The number of nitrogens with one attached hydrogen (secondary N) is 1. The van der Waals surface area contributed by atoms with Crippen LogP contribution in [0, 0.1) is 6.92 Å². The van der Waals surface area contributed by atoms with E-state index in [9.17, 15) is 9.59 Å². The highest BCUT2D eigenvalue weighted by Crippen LogP contribution is 2.35. The molecule has 0 atom stereocenters. The van der Waals surface area contributed by atoms with Crippen LogP contribution in [0.25, 0.3) is 0 Å². The molecule has 0 saturated carbocycles. The average Bonchev–Trinajstić information content (AvgIpc) is 3.33. The Bertz CT molecular complexity index is 961. The second-order valence-corrected chi connectivity index (χ2v) is 8.41. The maximum atomic E-state index is 12.7. The number of ether oxygens (including phenoxy) is 1. The van der Waals surface area contributed by atoms with Crippen molar-refractivity contribution in [1.82, 2.24) is 10.2 Å². The predicted octanol–water partition coefficient (Wildman–Crippen LogP) is 3.99. The zero-order valence-corrected chi connectivity index (χ0v) is 18.1. The SMILES string of the molecule is Cc1ccc(CNC(=O)OC2=NOC3(CCN(C(=O)c4ccc(Br)cc4)CC3)C2)o1. The highest BCUT2D eigenvalue weighted by atomic mass is 79.9. The number of amides is 2. The van der Waals surface area contributed by atoms with Gasteiger partial charge in [-0.05, 0) is 43.3 Å². The Hall–Kier alpha value is -2.81. The van der Waals surface area contributed by atoms with Crippen molar-refractivity contribution in [3.05, 3.63) is 58.0 Å². The zero-order valence-electron chi connectivity index (χ0n) is 16.5. The highest BCUT2D eigenvalue weighted by Gasteiger charge is 2.44. The number of hydrogen-bond donors (Lipinski definition) is 1. The van der Waals surface area contributed by atoms with Crippen molar-refractivity contribution in [2.24, 2.45) is 5.16 Å². The molecule has 1 aromatic carbocycles. The third-order valence-corrected chi connectivity index (χ3v) is 5.81. The van der Waals surface area contributed by atoms with Crippen molar-refractivity contribution < 1.29 is 23.6 Å². The first-order chi connectivity index (χ1) is 14.4. The number of oxime groups is 1. The van der Waals surface area contributed by atoms with E-state index in [-0.39, 0.29) is 18.3 Å². The van der Waals surface area contributed by atoms with E-state index in [0.717, 1.165) is 10.2 Å². The van der Waals surface area contributed by atoms with Gasteiger partial charge < -0.3 is 24.2 Å². The second-order valence-electron chi connectivity index (χ2n) is 7.49. The molecule has 1 fully saturated rings. The number of piperidine rings is 1. The number of likely N-dealkylation sites (tertiary alicyclic amines) is 1. The van der Waals surface area contributed by atoms with E-state index >= 15 is 0 Å². The van der Waals surface area contributed by atoms with Gasteiger partial charge in [0, 0.05) is 36.0 Å². The first kappa shape index (κ1) is 20.5. The van der Waals surface area contributed by atoms with Gasteiger partial charge >= 0.3 is 6.09 Å².